The average Bonchev–Trinajstić information content (AvgIpc) is 2.56. The van der Waals surface area contributed by atoms with Crippen LogP contribution in [0.5, 0.6) is 5.75 Å². The van der Waals surface area contributed by atoms with Gasteiger partial charge in [0.25, 0.3) is 5.91 Å². The Bertz CT molecular complexity index is 812. The molecule has 1 unspecified atom stereocenters. The molecule has 2 rings (SSSR count). The number of rotatable bonds is 6. The van der Waals surface area contributed by atoms with Gasteiger partial charge in [0.2, 0.25) is 0 Å². The summed E-state index contributed by atoms with van der Waals surface area (Å²) >= 11 is 6.27. The van der Waals surface area contributed by atoms with Gasteiger partial charge in [-0.1, -0.05) is 36.2 Å². The lowest BCUT2D eigenvalue weighted by molar-refractivity contribution is -0.122. The van der Waals surface area contributed by atoms with E-state index in [1.165, 1.54) is 0 Å². The first kappa shape index (κ1) is 21.1. The van der Waals surface area contributed by atoms with E-state index in [2.05, 4.69) is 31.4 Å². The van der Waals surface area contributed by atoms with Crippen LogP contribution in [0.2, 0.25) is 5.02 Å². The van der Waals surface area contributed by atoms with Gasteiger partial charge in [0.05, 0.1) is 10.7 Å². The Morgan fingerprint density at radius 2 is 1.85 bits per heavy atom. The topological polar surface area (TPSA) is 50.4 Å². The number of aryl methyl sites for hydroxylation is 2. The molecule has 0 saturated heterocycles. The molecule has 2 aromatic rings. The first-order valence-corrected chi connectivity index (χ1v) is 9.59. The number of anilines is 2. The smallest absolute Gasteiger partial charge is 0.265 e. The Hall–Kier alpha value is -2.20. The average molecular weight is 389 g/mol. The molecule has 0 aliphatic rings. The zero-order valence-corrected chi connectivity index (χ0v) is 17.7. The second-order valence-corrected chi connectivity index (χ2v) is 8.25. The van der Waals surface area contributed by atoms with Crippen LogP contribution in [0.15, 0.2) is 36.4 Å². The highest BCUT2D eigenvalue weighted by Crippen LogP contribution is 2.28. The standard InChI is InChI=1S/C22H29ClN2O2/c1-7-19(27-20-11-8-14(2)12-15(20)3)21(26)24-16-9-10-17(23)18(13-16)25-22(4,5)6/h8-13,19,25H,7H2,1-6H3,(H,24,26). The number of hydrogen-bond acceptors (Lipinski definition) is 3. The zero-order chi connectivity index (χ0) is 20.2. The maximum Gasteiger partial charge on any atom is 0.265 e. The third kappa shape index (κ3) is 6.17. The van der Waals surface area contributed by atoms with Crippen molar-refractivity contribution in [1.82, 2.24) is 0 Å². The molecular weight excluding hydrogens is 360 g/mol. The minimum atomic E-state index is -0.568. The summed E-state index contributed by atoms with van der Waals surface area (Å²) in [5.74, 6) is 0.551. The van der Waals surface area contributed by atoms with Gasteiger partial charge in [-0.3, -0.25) is 4.79 Å². The Morgan fingerprint density at radius 3 is 2.44 bits per heavy atom. The van der Waals surface area contributed by atoms with E-state index < -0.39 is 6.10 Å². The number of carbonyl (C=O) groups excluding carboxylic acids is 1. The quantitative estimate of drug-likeness (QED) is 0.641. The van der Waals surface area contributed by atoms with E-state index in [-0.39, 0.29) is 11.4 Å². The summed E-state index contributed by atoms with van der Waals surface area (Å²) in [4.78, 5) is 12.7. The van der Waals surface area contributed by atoms with Gasteiger partial charge >= 0.3 is 0 Å². The van der Waals surface area contributed by atoms with Crippen LogP contribution in [-0.2, 0) is 4.79 Å². The number of carbonyl (C=O) groups is 1. The van der Waals surface area contributed by atoms with Gasteiger partial charge in [-0.2, -0.15) is 0 Å². The van der Waals surface area contributed by atoms with Gasteiger partial charge in [-0.05, 0) is 70.9 Å². The third-order valence-corrected chi connectivity index (χ3v) is 4.34. The van der Waals surface area contributed by atoms with Gasteiger partial charge in [-0.25, -0.2) is 0 Å². The summed E-state index contributed by atoms with van der Waals surface area (Å²) in [6.45, 7) is 12.1. The molecule has 1 atom stereocenters. The minimum Gasteiger partial charge on any atom is -0.480 e. The van der Waals surface area contributed by atoms with E-state index in [9.17, 15) is 4.79 Å². The van der Waals surface area contributed by atoms with Gasteiger partial charge in [0.1, 0.15) is 5.75 Å². The molecule has 4 nitrogen and oxygen atoms in total. The fourth-order valence-corrected chi connectivity index (χ4v) is 2.90. The molecule has 0 saturated carbocycles. The highest BCUT2D eigenvalue weighted by atomic mass is 35.5. The van der Waals surface area contributed by atoms with Gasteiger partial charge in [0.15, 0.2) is 6.10 Å². The molecule has 0 heterocycles. The van der Waals surface area contributed by atoms with Crippen LogP contribution in [0.1, 0.15) is 45.2 Å². The van der Waals surface area contributed by atoms with E-state index in [1.54, 1.807) is 12.1 Å². The van der Waals surface area contributed by atoms with Crippen LogP contribution in [0.3, 0.4) is 0 Å². The Morgan fingerprint density at radius 1 is 1.15 bits per heavy atom. The number of nitrogens with one attached hydrogen (secondary N) is 2. The first-order chi connectivity index (χ1) is 12.6. The minimum absolute atomic E-state index is 0.135. The van der Waals surface area contributed by atoms with Crippen LogP contribution >= 0.6 is 11.6 Å². The van der Waals surface area contributed by atoms with Crippen LogP contribution in [0, 0.1) is 13.8 Å². The van der Waals surface area contributed by atoms with Crippen molar-refractivity contribution in [1.29, 1.82) is 0 Å². The number of amides is 1. The van der Waals surface area contributed by atoms with Gasteiger partial charge < -0.3 is 15.4 Å². The van der Waals surface area contributed by atoms with Crippen molar-refractivity contribution in [2.75, 3.05) is 10.6 Å². The van der Waals surface area contributed by atoms with Crippen molar-refractivity contribution < 1.29 is 9.53 Å². The third-order valence-electron chi connectivity index (χ3n) is 4.01. The highest BCUT2D eigenvalue weighted by molar-refractivity contribution is 6.33. The van der Waals surface area contributed by atoms with E-state index in [4.69, 9.17) is 16.3 Å². The van der Waals surface area contributed by atoms with E-state index >= 15 is 0 Å². The predicted octanol–water partition coefficient (Wildman–Crippen LogP) is 5.96. The van der Waals surface area contributed by atoms with Crippen molar-refractivity contribution in [2.24, 2.45) is 0 Å². The lowest BCUT2D eigenvalue weighted by atomic mass is 10.1. The van der Waals surface area contributed by atoms with Gasteiger partial charge in [-0.15, -0.1) is 0 Å². The summed E-state index contributed by atoms with van der Waals surface area (Å²) in [5, 5.41) is 6.89. The molecule has 0 aromatic heterocycles. The van der Waals surface area contributed by atoms with Crippen molar-refractivity contribution in [2.45, 2.75) is 59.6 Å². The highest BCUT2D eigenvalue weighted by Gasteiger charge is 2.20. The number of ether oxygens (including phenoxy) is 1. The van der Waals surface area contributed by atoms with Crippen LogP contribution in [0.25, 0.3) is 0 Å². The normalized spacial score (nSPS) is 12.4. The SMILES string of the molecule is CCC(Oc1ccc(C)cc1C)C(=O)Nc1ccc(Cl)c(NC(C)(C)C)c1. The molecule has 0 spiro atoms. The number of halogens is 1. The largest absolute Gasteiger partial charge is 0.480 e. The Balaban J connectivity index is 2.13. The first-order valence-electron chi connectivity index (χ1n) is 9.21. The molecule has 0 aliphatic heterocycles. The molecule has 0 aliphatic carbocycles. The molecule has 146 valence electrons. The van der Waals surface area contributed by atoms with Crippen molar-refractivity contribution in [3.05, 3.63) is 52.5 Å². The van der Waals surface area contributed by atoms with Crippen LogP contribution in [0.4, 0.5) is 11.4 Å². The van der Waals surface area contributed by atoms with Crippen molar-refractivity contribution >= 4 is 28.9 Å². The molecule has 0 radical (unpaired) electrons. The lowest BCUT2D eigenvalue weighted by Gasteiger charge is -2.24. The molecule has 27 heavy (non-hydrogen) atoms. The molecule has 5 heteroatoms. The molecule has 1 amide bonds. The van der Waals surface area contributed by atoms with Crippen LogP contribution < -0.4 is 15.4 Å². The van der Waals surface area contributed by atoms with Crippen LogP contribution in [-0.4, -0.2) is 17.6 Å². The molecule has 2 N–H and O–H groups in total. The zero-order valence-electron chi connectivity index (χ0n) is 16.9. The summed E-state index contributed by atoms with van der Waals surface area (Å²) in [7, 11) is 0. The monoisotopic (exact) mass is 388 g/mol. The number of benzene rings is 2. The fraction of sp³-hybridized carbons (Fsp3) is 0.409. The Kier molecular flexibility index (Phi) is 6.77. The fourth-order valence-electron chi connectivity index (χ4n) is 2.73. The second-order valence-electron chi connectivity index (χ2n) is 7.84. The number of hydrogen-bond donors (Lipinski definition) is 2. The summed E-state index contributed by atoms with van der Waals surface area (Å²) < 4.78 is 5.96. The summed E-state index contributed by atoms with van der Waals surface area (Å²) in [6.07, 6.45) is 0.000866. The Labute approximate surface area is 167 Å². The van der Waals surface area contributed by atoms with Gasteiger partial charge in [0, 0.05) is 11.2 Å². The van der Waals surface area contributed by atoms with Crippen molar-refractivity contribution in [3.63, 3.8) is 0 Å². The lowest BCUT2D eigenvalue weighted by Crippen LogP contribution is -2.32. The molecule has 2 aromatic carbocycles. The summed E-state index contributed by atoms with van der Waals surface area (Å²) in [5.41, 5.74) is 3.51. The molecule has 0 fully saturated rings. The van der Waals surface area contributed by atoms with E-state index in [0.717, 1.165) is 22.6 Å². The predicted molar refractivity (Wildman–Crippen MR) is 114 cm³/mol. The molecule has 0 bridgehead atoms. The maximum atomic E-state index is 12.7. The van der Waals surface area contributed by atoms with Crippen molar-refractivity contribution in [3.8, 4) is 5.75 Å². The maximum absolute atomic E-state index is 12.7. The van der Waals surface area contributed by atoms with E-state index in [0.29, 0.717) is 17.1 Å². The van der Waals surface area contributed by atoms with E-state index in [1.807, 2.05) is 45.0 Å². The second kappa shape index (κ2) is 8.66. The summed E-state index contributed by atoms with van der Waals surface area (Å²) in [6, 6.07) is 11.3. The molecular formula is C22H29ClN2O2.